The summed E-state index contributed by atoms with van der Waals surface area (Å²) in [5, 5.41) is 0. The summed E-state index contributed by atoms with van der Waals surface area (Å²) in [7, 11) is -1.23. The first-order valence-electron chi connectivity index (χ1n) is 6.45. The van der Waals surface area contributed by atoms with Gasteiger partial charge in [-0.05, 0) is 25.0 Å². The number of nitrogen functional groups attached to an aromatic ring is 1. The van der Waals surface area contributed by atoms with Crippen LogP contribution in [0.1, 0.15) is 12.8 Å². The maximum atomic E-state index is 12.8. The Hall–Kier alpha value is -1.80. The van der Waals surface area contributed by atoms with Crippen LogP contribution >= 0.6 is 0 Å². The number of sulfonamides is 1. The molecule has 1 atom stereocenters. The first-order chi connectivity index (χ1) is 9.91. The summed E-state index contributed by atoms with van der Waals surface area (Å²) >= 11 is 0. The number of ether oxygens (including phenoxy) is 2. The Kier molecular flexibility index (Phi) is 4.38. The zero-order valence-electron chi connectivity index (χ0n) is 11.9. The fraction of sp³-hybridized carbons (Fsp3) is 0.462. The van der Waals surface area contributed by atoms with E-state index >= 15 is 0 Å². The Morgan fingerprint density at radius 2 is 2.10 bits per heavy atom. The van der Waals surface area contributed by atoms with Crippen molar-refractivity contribution in [2.45, 2.75) is 23.8 Å². The maximum absolute atomic E-state index is 12.8. The number of benzene rings is 1. The number of esters is 1. The highest BCUT2D eigenvalue weighted by atomic mass is 32.2. The Morgan fingerprint density at radius 1 is 1.38 bits per heavy atom. The number of rotatable bonds is 4. The van der Waals surface area contributed by atoms with Gasteiger partial charge in [-0.1, -0.05) is 0 Å². The number of hydrogen-bond acceptors (Lipinski definition) is 6. The third-order valence-corrected chi connectivity index (χ3v) is 5.40. The Balaban J connectivity index is 2.44. The highest BCUT2D eigenvalue weighted by Crippen LogP contribution is 2.32. The fourth-order valence-corrected chi connectivity index (χ4v) is 4.21. The molecular weight excluding hydrogens is 296 g/mol. The lowest BCUT2D eigenvalue weighted by Crippen LogP contribution is -2.41. The van der Waals surface area contributed by atoms with Crippen LogP contribution in [0.5, 0.6) is 5.75 Å². The van der Waals surface area contributed by atoms with Gasteiger partial charge in [0, 0.05) is 18.3 Å². The maximum Gasteiger partial charge on any atom is 0.324 e. The molecule has 1 aromatic rings. The minimum atomic E-state index is -3.85. The molecule has 8 heteroatoms. The first-order valence-corrected chi connectivity index (χ1v) is 7.89. The van der Waals surface area contributed by atoms with Gasteiger partial charge in [-0.25, -0.2) is 8.42 Å². The predicted octanol–water partition coefficient (Wildman–Crippen LogP) is 0.603. The van der Waals surface area contributed by atoms with Gasteiger partial charge in [-0.3, -0.25) is 4.79 Å². The molecule has 1 aromatic carbocycles. The van der Waals surface area contributed by atoms with E-state index in [1.54, 1.807) is 0 Å². The molecule has 1 saturated heterocycles. The normalized spacial score (nSPS) is 19.4. The molecule has 0 aliphatic carbocycles. The topological polar surface area (TPSA) is 98.9 Å². The molecule has 0 saturated carbocycles. The van der Waals surface area contributed by atoms with Crippen molar-refractivity contribution in [2.24, 2.45) is 0 Å². The molecule has 0 unspecified atom stereocenters. The van der Waals surface area contributed by atoms with Gasteiger partial charge in [0.1, 0.15) is 16.7 Å². The van der Waals surface area contributed by atoms with E-state index in [1.807, 2.05) is 0 Å². The summed E-state index contributed by atoms with van der Waals surface area (Å²) in [6, 6.07) is 3.52. The molecule has 1 fully saturated rings. The fourth-order valence-electron chi connectivity index (χ4n) is 2.42. The summed E-state index contributed by atoms with van der Waals surface area (Å²) in [6.45, 7) is 0.273. The lowest BCUT2D eigenvalue weighted by Gasteiger charge is -2.23. The van der Waals surface area contributed by atoms with Crippen LogP contribution in [0.15, 0.2) is 23.1 Å². The first kappa shape index (κ1) is 15.6. The van der Waals surface area contributed by atoms with E-state index in [-0.39, 0.29) is 17.2 Å². The molecule has 0 aromatic heterocycles. The molecule has 1 aliphatic heterocycles. The third-order valence-electron chi connectivity index (χ3n) is 3.45. The van der Waals surface area contributed by atoms with Crippen molar-refractivity contribution >= 4 is 21.7 Å². The van der Waals surface area contributed by atoms with Crippen LogP contribution in [0, 0.1) is 0 Å². The number of nitrogens with zero attached hydrogens (tertiary/aromatic N) is 1. The van der Waals surface area contributed by atoms with E-state index in [2.05, 4.69) is 4.74 Å². The van der Waals surface area contributed by atoms with Crippen molar-refractivity contribution in [1.82, 2.24) is 4.31 Å². The lowest BCUT2D eigenvalue weighted by molar-refractivity contribution is -0.144. The van der Waals surface area contributed by atoms with Gasteiger partial charge in [0.25, 0.3) is 0 Å². The number of methoxy groups -OCH3 is 2. The second kappa shape index (κ2) is 5.90. The van der Waals surface area contributed by atoms with Crippen molar-refractivity contribution in [2.75, 3.05) is 26.5 Å². The number of carbonyl (C=O) groups is 1. The number of carbonyl (C=O) groups excluding carboxylic acids is 1. The lowest BCUT2D eigenvalue weighted by atomic mass is 10.2. The zero-order chi connectivity index (χ0) is 15.6. The van der Waals surface area contributed by atoms with Gasteiger partial charge >= 0.3 is 5.97 Å². The van der Waals surface area contributed by atoms with E-state index in [4.69, 9.17) is 10.5 Å². The van der Waals surface area contributed by atoms with Crippen molar-refractivity contribution in [3.05, 3.63) is 18.2 Å². The summed E-state index contributed by atoms with van der Waals surface area (Å²) in [5.41, 5.74) is 6.03. The van der Waals surface area contributed by atoms with Gasteiger partial charge < -0.3 is 15.2 Å². The third kappa shape index (κ3) is 2.81. The zero-order valence-corrected chi connectivity index (χ0v) is 12.7. The summed E-state index contributed by atoms with van der Waals surface area (Å²) < 4.78 is 36.4. The van der Waals surface area contributed by atoms with Gasteiger partial charge in [0.05, 0.1) is 14.2 Å². The van der Waals surface area contributed by atoms with E-state index in [0.29, 0.717) is 18.5 Å². The summed E-state index contributed by atoms with van der Waals surface area (Å²) in [4.78, 5) is 11.7. The van der Waals surface area contributed by atoms with Crippen molar-refractivity contribution < 1.29 is 22.7 Å². The second-order valence-electron chi connectivity index (χ2n) is 4.71. The minimum Gasteiger partial charge on any atom is -0.495 e. The van der Waals surface area contributed by atoms with Gasteiger partial charge in [0.2, 0.25) is 10.0 Å². The quantitative estimate of drug-likeness (QED) is 0.645. The largest absolute Gasteiger partial charge is 0.495 e. The molecule has 0 spiro atoms. The molecule has 2 N–H and O–H groups in total. The van der Waals surface area contributed by atoms with Crippen LogP contribution in [0.4, 0.5) is 5.69 Å². The van der Waals surface area contributed by atoms with Crippen molar-refractivity contribution in [3.8, 4) is 5.75 Å². The monoisotopic (exact) mass is 314 g/mol. The van der Waals surface area contributed by atoms with Gasteiger partial charge in [-0.15, -0.1) is 0 Å². The molecule has 2 rings (SSSR count). The standard InChI is InChI=1S/C13H18N2O5S/c1-19-11-8-9(14)5-6-12(11)21(17,18)15-7-3-4-10(15)13(16)20-2/h5-6,8,10H,3-4,7,14H2,1-2H3/t10-/m0/s1. The molecular formula is C13H18N2O5S. The van der Waals surface area contributed by atoms with Crippen molar-refractivity contribution in [3.63, 3.8) is 0 Å². The molecule has 0 bridgehead atoms. The Labute approximate surface area is 123 Å². The van der Waals surface area contributed by atoms with Crippen LogP contribution in [-0.4, -0.2) is 45.5 Å². The highest BCUT2D eigenvalue weighted by molar-refractivity contribution is 7.89. The van der Waals surface area contributed by atoms with Crippen LogP contribution < -0.4 is 10.5 Å². The van der Waals surface area contributed by atoms with E-state index in [9.17, 15) is 13.2 Å². The molecule has 21 heavy (non-hydrogen) atoms. The van der Waals surface area contributed by atoms with Crippen LogP contribution in [-0.2, 0) is 19.6 Å². The smallest absolute Gasteiger partial charge is 0.324 e. The summed E-state index contributed by atoms with van der Waals surface area (Å²) in [6.07, 6.45) is 1.06. The number of hydrogen-bond donors (Lipinski definition) is 1. The van der Waals surface area contributed by atoms with Crippen molar-refractivity contribution in [1.29, 1.82) is 0 Å². The molecule has 116 valence electrons. The minimum absolute atomic E-state index is 0.00463. The van der Waals surface area contributed by atoms with E-state index in [1.165, 1.54) is 32.4 Å². The number of anilines is 1. The molecule has 7 nitrogen and oxygen atoms in total. The SMILES string of the molecule is COC(=O)[C@@H]1CCCN1S(=O)(=O)c1ccc(N)cc1OC. The molecule has 1 aliphatic rings. The van der Waals surface area contributed by atoms with E-state index in [0.717, 1.165) is 4.31 Å². The number of nitrogens with two attached hydrogens (primary N) is 1. The molecule has 0 amide bonds. The highest BCUT2D eigenvalue weighted by Gasteiger charge is 2.41. The Bertz CT molecular complexity index is 644. The second-order valence-corrected chi connectivity index (χ2v) is 6.57. The summed E-state index contributed by atoms with van der Waals surface area (Å²) in [5.74, 6) is -0.393. The Morgan fingerprint density at radius 3 is 2.71 bits per heavy atom. The predicted molar refractivity (Wildman–Crippen MR) is 76.3 cm³/mol. The molecule has 1 heterocycles. The van der Waals surface area contributed by atoms with Crippen LogP contribution in [0.3, 0.4) is 0 Å². The van der Waals surface area contributed by atoms with E-state index < -0.39 is 22.0 Å². The van der Waals surface area contributed by atoms with Gasteiger partial charge in [0.15, 0.2) is 0 Å². The van der Waals surface area contributed by atoms with Crippen LogP contribution in [0.25, 0.3) is 0 Å². The average Bonchev–Trinajstić information content (AvgIpc) is 2.96. The average molecular weight is 314 g/mol. The van der Waals surface area contributed by atoms with Crippen LogP contribution in [0.2, 0.25) is 0 Å². The molecule has 0 radical (unpaired) electrons. The van der Waals surface area contributed by atoms with Gasteiger partial charge in [-0.2, -0.15) is 4.31 Å².